The first-order valence-corrected chi connectivity index (χ1v) is 10.2. The first-order chi connectivity index (χ1) is 14.4. The van der Waals surface area contributed by atoms with Crippen LogP contribution in [0.25, 0.3) is 16.8 Å². The number of carbonyl (C=O) groups is 1. The van der Waals surface area contributed by atoms with Gasteiger partial charge in [0.15, 0.2) is 5.65 Å². The topological polar surface area (TPSA) is 59.3 Å². The molecule has 0 radical (unpaired) electrons. The van der Waals surface area contributed by atoms with Crippen LogP contribution in [0.1, 0.15) is 28.2 Å². The van der Waals surface area contributed by atoms with E-state index in [4.69, 9.17) is 21.7 Å². The average Bonchev–Trinajstić information content (AvgIpc) is 3.06. The number of hydrogen-bond acceptors (Lipinski definition) is 3. The summed E-state index contributed by atoms with van der Waals surface area (Å²) in [6.45, 7) is 6.36. The van der Waals surface area contributed by atoms with Crippen molar-refractivity contribution in [2.75, 3.05) is 0 Å². The lowest BCUT2D eigenvalue weighted by Gasteiger charge is -2.12. The fraction of sp³-hybridized carbons (Fsp3) is 0.208. The van der Waals surface area contributed by atoms with E-state index >= 15 is 0 Å². The minimum absolute atomic E-state index is 0.0607. The van der Waals surface area contributed by atoms with E-state index in [1.165, 1.54) is 0 Å². The number of hydrogen-bond donors (Lipinski definition) is 1. The molecule has 6 heteroatoms. The predicted molar refractivity (Wildman–Crippen MR) is 120 cm³/mol. The average molecular weight is 419 g/mol. The minimum Gasteiger partial charge on any atom is -0.352 e. The second-order valence-corrected chi connectivity index (χ2v) is 7.84. The Kier molecular flexibility index (Phi) is 5.55. The first-order valence-electron chi connectivity index (χ1n) is 9.86. The predicted octanol–water partition coefficient (Wildman–Crippen LogP) is 4.83. The summed E-state index contributed by atoms with van der Waals surface area (Å²) in [4.78, 5) is 17.4. The monoisotopic (exact) mass is 418 g/mol. The van der Waals surface area contributed by atoms with Crippen LogP contribution in [0.2, 0.25) is 5.02 Å². The summed E-state index contributed by atoms with van der Waals surface area (Å²) >= 11 is 6.02. The van der Waals surface area contributed by atoms with E-state index in [2.05, 4.69) is 17.4 Å². The Balaban J connectivity index is 1.61. The van der Waals surface area contributed by atoms with E-state index in [1.807, 2.05) is 67.8 Å². The minimum atomic E-state index is -0.0607. The van der Waals surface area contributed by atoms with Crippen molar-refractivity contribution in [3.8, 4) is 11.1 Å². The number of aromatic nitrogens is 3. The molecule has 4 rings (SSSR count). The van der Waals surface area contributed by atoms with Gasteiger partial charge in [-0.25, -0.2) is 9.50 Å². The van der Waals surface area contributed by atoms with Gasteiger partial charge in [-0.15, -0.1) is 0 Å². The second-order valence-electron chi connectivity index (χ2n) is 7.41. The van der Waals surface area contributed by atoms with Gasteiger partial charge in [0.2, 0.25) is 5.91 Å². The highest BCUT2D eigenvalue weighted by molar-refractivity contribution is 6.30. The Morgan fingerprint density at radius 1 is 1.03 bits per heavy atom. The van der Waals surface area contributed by atoms with Gasteiger partial charge in [0.1, 0.15) is 0 Å². The molecule has 1 amide bonds. The summed E-state index contributed by atoms with van der Waals surface area (Å²) in [5.74, 6) is -0.0607. The summed E-state index contributed by atoms with van der Waals surface area (Å²) in [6.07, 6.45) is 0.251. The van der Waals surface area contributed by atoms with E-state index < -0.39 is 0 Å². The molecule has 0 spiro atoms. The number of halogens is 1. The quantitative estimate of drug-likeness (QED) is 0.504. The molecule has 30 heavy (non-hydrogen) atoms. The molecule has 0 atom stereocenters. The number of fused-ring (bicyclic) bond motifs is 1. The Hall–Kier alpha value is -3.18. The molecular weight excluding hydrogens is 396 g/mol. The largest absolute Gasteiger partial charge is 0.352 e. The fourth-order valence-electron chi connectivity index (χ4n) is 3.74. The number of nitrogens with zero attached hydrogens (tertiary/aromatic N) is 3. The van der Waals surface area contributed by atoms with Gasteiger partial charge < -0.3 is 5.32 Å². The van der Waals surface area contributed by atoms with Crippen LogP contribution >= 0.6 is 11.6 Å². The standard InChI is InChI=1S/C24H23ClN4O/c1-15-21(13-22(30)26-14-18-8-7-11-20(25)12-18)17(3)29-24(27-15)23(16(2)28-29)19-9-5-4-6-10-19/h4-12H,13-14H2,1-3H3,(H,26,30). The van der Waals surface area contributed by atoms with Gasteiger partial charge in [0.25, 0.3) is 0 Å². The van der Waals surface area contributed by atoms with Crippen LogP contribution in [0.3, 0.4) is 0 Å². The summed E-state index contributed by atoms with van der Waals surface area (Å²) < 4.78 is 1.85. The van der Waals surface area contributed by atoms with Crippen molar-refractivity contribution in [1.82, 2.24) is 19.9 Å². The van der Waals surface area contributed by atoms with Crippen LogP contribution in [0.4, 0.5) is 0 Å². The Morgan fingerprint density at radius 3 is 2.53 bits per heavy atom. The van der Waals surface area contributed by atoms with Gasteiger partial charge in [0, 0.05) is 34.1 Å². The number of aryl methyl sites for hydroxylation is 3. The van der Waals surface area contributed by atoms with Crippen LogP contribution in [0.15, 0.2) is 54.6 Å². The lowest BCUT2D eigenvalue weighted by Crippen LogP contribution is -2.25. The number of rotatable bonds is 5. The summed E-state index contributed by atoms with van der Waals surface area (Å²) in [5.41, 5.74) is 7.48. The maximum Gasteiger partial charge on any atom is 0.224 e. The highest BCUT2D eigenvalue weighted by atomic mass is 35.5. The molecule has 0 unspecified atom stereocenters. The Bertz CT molecular complexity index is 1230. The molecule has 2 aromatic carbocycles. The molecule has 5 nitrogen and oxygen atoms in total. The van der Waals surface area contributed by atoms with Crippen LogP contribution in [0.5, 0.6) is 0 Å². The lowest BCUT2D eigenvalue weighted by molar-refractivity contribution is -0.120. The van der Waals surface area contributed by atoms with Gasteiger partial charge >= 0.3 is 0 Å². The van der Waals surface area contributed by atoms with Crippen LogP contribution in [-0.2, 0) is 17.8 Å². The molecule has 1 N–H and O–H groups in total. The van der Waals surface area contributed by atoms with Crippen molar-refractivity contribution >= 4 is 23.2 Å². The molecule has 0 aliphatic rings. The molecule has 152 valence electrons. The third-order valence-electron chi connectivity index (χ3n) is 5.28. The van der Waals surface area contributed by atoms with E-state index in [0.717, 1.165) is 45.0 Å². The van der Waals surface area contributed by atoms with Crippen LogP contribution in [0, 0.1) is 20.8 Å². The molecule has 0 aliphatic heterocycles. The molecule has 4 aromatic rings. The zero-order chi connectivity index (χ0) is 21.3. The SMILES string of the molecule is Cc1nc2c(-c3ccccc3)c(C)nn2c(C)c1CC(=O)NCc1cccc(Cl)c1. The third kappa shape index (κ3) is 3.94. The first kappa shape index (κ1) is 20.1. The Morgan fingerprint density at radius 2 is 1.80 bits per heavy atom. The molecular formula is C24H23ClN4O. The number of amides is 1. The molecule has 2 aromatic heterocycles. The highest BCUT2D eigenvalue weighted by Crippen LogP contribution is 2.29. The van der Waals surface area contributed by atoms with Crippen molar-refractivity contribution in [2.45, 2.75) is 33.7 Å². The molecule has 2 heterocycles. The van der Waals surface area contributed by atoms with Crippen LogP contribution < -0.4 is 5.32 Å². The smallest absolute Gasteiger partial charge is 0.224 e. The highest BCUT2D eigenvalue weighted by Gasteiger charge is 2.19. The summed E-state index contributed by atoms with van der Waals surface area (Å²) in [6, 6.07) is 17.6. The van der Waals surface area contributed by atoms with Gasteiger partial charge in [-0.1, -0.05) is 54.1 Å². The van der Waals surface area contributed by atoms with E-state index in [9.17, 15) is 4.79 Å². The second kappa shape index (κ2) is 8.28. The zero-order valence-corrected chi connectivity index (χ0v) is 18.0. The molecule has 0 saturated heterocycles. The van der Waals surface area contributed by atoms with Crippen LogP contribution in [-0.4, -0.2) is 20.5 Å². The third-order valence-corrected chi connectivity index (χ3v) is 5.51. The normalized spacial score (nSPS) is 11.1. The zero-order valence-electron chi connectivity index (χ0n) is 17.2. The molecule has 0 fully saturated rings. The van der Waals surface area contributed by atoms with Gasteiger partial charge in [-0.05, 0) is 44.0 Å². The van der Waals surface area contributed by atoms with Crippen molar-refractivity contribution in [1.29, 1.82) is 0 Å². The molecule has 0 bridgehead atoms. The number of nitrogens with one attached hydrogen (secondary N) is 1. The van der Waals surface area contributed by atoms with Crippen molar-refractivity contribution in [3.05, 3.63) is 87.8 Å². The summed E-state index contributed by atoms with van der Waals surface area (Å²) in [7, 11) is 0. The van der Waals surface area contributed by atoms with Crippen molar-refractivity contribution < 1.29 is 4.79 Å². The van der Waals surface area contributed by atoms with Crippen molar-refractivity contribution in [2.24, 2.45) is 0 Å². The number of carbonyl (C=O) groups excluding carboxylic acids is 1. The van der Waals surface area contributed by atoms with Crippen molar-refractivity contribution in [3.63, 3.8) is 0 Å². The van der Waals surface area contributed by atoms with Gasteiger partial charge in [0.05, 0.1) is 12.1 Å². The van der Waals surface area contributed by atoms with Gasteiger partial charge in [-0.3, -0.25) is 4.79 Å². The number of benzene rings is 2. The lowest BCUT2D eigenvalue weighted by atomic mass is 10.1. The van der Waals surface area contributed by atoms with Gasteiger partial charge in [-0.2, -0.15) is 5.10 Å². The van der Waals surface area contributed by atoms with E-state index in [0.29, 0.717) is 11.6 Å². The maximum atomic E-state index is 12.6. The van der Waals surface area contributed by atoms with E-state index in [-0.39, 0.29) is 12.3 Å². The fourth-order valence-corrected chi connectivity index (χ4v) is 3.95. The summed E-state index contributed by atoms with van der Waals surface area (Å²) in [5, 5.41) is 8.33. The maximum absolute atomic E-state index is 12.6. The Labute approximate surface area is 180 Å². The van der Waals surface area contributed by atoms with E-state index in [1.54, 1.807) is 0 Å². The molecule has 0 aliphatic carbocycles. The molecule has 0 saturated carbocycles.